The van der Waals surface area contributed by atoms with E-state index in [-0.39, 0.29) is 14.1 Å². The summed E-state index contributed by atoms with van der Waals surface area (Å²) in [5.74, 6) is 0. The fraction of sp³-hybridized carbons (Fsp3) is 0.625. The summed E-state index contributed by atoms with van der Waals surface area (Å²) >= 11 is 4.06. The molecule has 0 saturated heterocycles. The number of thiol groups is 1. The van der Waals surface area contributed by atoms with Crippen molar-refractivity contribution in [1.82, 2.24) is 14.1 Å². The van der Waals surface area contributed by atoms with Gasteiger partial charge in [0.1, 0.15) is 0 Å². The molecule has 1 aromatic heterocycles. The quantitative estimate of drug-likeness (QED) is 0.669. The summed E-state index contributed by atoms with van der Waals surface area (Å²) in [6, 6.07) is 1.68. The largest absolute Gasteiger partial charge is 0.269 e. The van der Waals surface area contributed by atoms with Crippen molar-refractivity contribution >= 4 is 12.8 Å². The van der Waals surface area contributed by atoms with Crippen LogP contribution in [-0.4, -0.2) is 27.2 Å². The van der Waals surface area contributed by atoms with E-state index in [1.54, 1.807) is 18.5 Å². The van der Waals surface area contributed by atoms with Crippen molar-refractivity contribution in [3.8, 4) is 0 Å². The van der Waals surface area contributed by atoms with Crippen molar-refractivity contribution in [2.75, 3.05) is 13.1 Å². The van der Waals surface area contributed by atoms with Crippen molar-refractivity contribution in [3.05, 3.63) is 18.5 Å². The average Bonchev–Trinajstić information content (AvgIpc) is 2.70. The highest BCUT2D eigenvalue weighted by molar-refractivity contribution is 7.77. The lowest BCUT2D eigenvalue weighted by Crippen LogP contribution is -2.08. The van der Waals surface area contributed by atoms with Gasteiger partial charge in [-0.05, 0) is 6.07 Å². The molecule has 0 bridgehead atoms. The van der Waals surface area contributed by atoms with Crippen LogP contribution < -0.4 is 0 Å². The van der Waals surface area contributed by atoms with Crippen molar-refractivity contribution in [2.24, 2.45) is 0 Å². The van der Waals surface area contributed by atoms with E-state index in [1.165, 1.54) is 4.68 Å². The number of aromatic nitrogens is 2. The van der Waals surface area contributed by atoms with Gasteiger partial charge in [-0.1, -0.05) is 26.7 Å². The summed E-state index contributed by atoms with van der Waals surface area (Å²) < 4.78 is 14.6. The molecule has 3 nitrogen and oxygen atoms in total. The molecule has 0 atom stereocenters. The van der Waals surface area contributed by atoms with Crippen LogP contribution in [0.4, 0.5) is 18.5 Å². The highest BCUT2D eigenvalue weighted by Crippen LogP contribution is 1.86. The first kappa shape index (κ1) is 24.5. The minimum atomic E-state index is -0.535. The van der Waals surface area contributed by atoms with Gasteiger partial charge in [0.05, 0.1) is 0 Å². The standard InChI is InChI=1S/C4H5FN2.C4H11NS.3FH/c5-4-7-3-1-2-6-7;1-3-5(6)4-2;;;/h1-3H,4H2;6H,3-4H2,1-2H3;3*1H. The van der Waals surface area contributed by atoms with Crippen molar-refractivity contribution in [3.63, 3.8) is 0 Å². The van der Waals surface area contributed by atoms with Gasteiger partial charge in [-0.15, -0.1) is 0 Å². The lowest BCUT2D eigenvalue weighted by atomic mass is 10.7. The van der Waals surface area contributed by atoms with Gasteiger partial charge in [0.2, 0.25) is 0 Å². The molecule has 0 N–H and O–H groups in total. The Kier molecular flexibility index (Phi) is 25.5. The lowest BCUT2D eigenvalue weighted by Gasteiger charge is -2.05. The van der Waals surface area contributed by atoms with Gasteiger partial charge in [0.25, 0.3) is 0 Å². The molecular formula is C8H19F4N3S. The molecular weight excluding hydrogens is 246 g/mol. The van der Waals surface area contributed by atoms with Gasteiger partial charge in [-0.2, -0.15) is 5.10 Å². The normalized spacial score (nSPS) is 7.81. The zero-order valence-corrected chi connectivity index (χ0v) is 10.1. The van der Waals surface area contributed by atoms with E-state index in [1.807, 2.05) is 4.31 Å². The molecule has 8 heteroatoms. The minimum absolute atomic E-state index is 0. The first-order valence-corrected chi connectivity index (χ1v) is 4.61. The fourth-order valence-electron chi connectivity index (χ4n) is 0.595. The fourth-order valence-corrected chi connectivity index (χ4v) is 0.595. The van der Waals surface area contributed by atoms with Crippen LogP contribution in [0.2, 0.25) is 0 Å². The Hall–Kier alpha value is -0.760. The van der Waals surface area contributed by atoms with Gasteiger partial charge in [-0.25, -0.2) is 9.07 Å². The summed E-state index contributed by atoms with van der Waals surface area (Å²) in [7, 11) is 0. The first-order valence-electron chi connectivity index (χ1n) is 4.21. The number of hydrogen-bond acceptors (Lipinski definition) is 3. The third-order valence-corrected chi connectivity index (χ3v) is 1.98. The molecule has 1 rings (SSSR count). The number of rotatable bonds is 3. The number of nitrogens with zero attached hydrogens (tertiary/aromatic N) is 3. The summed E-state index contributed by atoms with van der Waals surface area (Å²) in [6.07, 6.45) is 3.11. The summed E-state index contributed by atoms with van der Waals surface area (Å²) in [6.45, 7) is 5.68. The Morgan fingerprint density at radius 3 is 1.88 bits per heavy atom. The zero-order chi connectivity index (χ0) is 10.1. The maximum Gasteiger partial charge on any atom is 0.181 e. The predicted octanol–water partition coefficient (Wildman–Crippen LogP) is 2.44. The monoisotopic (exact) mass is 265 g/mol. The van der Waals surface area contributed by atoms with Gasteiger partial charge >= 0.3 is 0 Å². The second-order valence-electron chi connectivity index (χ2n) is 2.30. The molecule has 0 fully saturated rings. The number of alkyl halides is 1. The third kappa shape index (κ3) is 13.2. The van der Waals surface area contributed by atoms with Crippen LogP contribution in [-0.2, 0) is 6.80 Å². The van der Waals surface area contributed by atoms with Gasteiger partial charge in [0.15, 0.2) is 6.80 Å². The van der Waals surface area contributed by atoms with Crippen LogP contribution in [0.1, 0.15) is 13.8 Å². The summed E-state index contributed by atoms with van der Waals surface area (Å²) in [5, 5.41) is 3.58. The molecule has 1 aromatic rings. The van der Waals surface area contributed by atoms with Crippen LogP contribution in [0.25, 0.3) is 0 Å². The molecule has 0 unspecified atom stereocenters. The number of halogens is 4. The lowest BCUT2D eigenvalue weighted by molar-refractivity contribution is 0.350. The van der Waals surface area contributed by atoms with Crippen molar-refractivity contribution < 1.29 is 18.5 Å². The Morgan fingerprint density at radius 2 is 1.75 bits per heavy atom. The van der Waals surface area contributed by atoms with E-state index in [2.05, 4.69) is 31.8 Å². The van der Waals surface area contributed by atoms with E-state index >= 15 is 0 Å². The Morgan fingerprint density at radius 1 is 1.25 bits per heavy atom. The smallest absolute Gasteiger partial charge is 0.181 e. The molecule has 100 valence electrons. The molecule has 0 aliphatic rings. The highest BCUT2D eigenvalue weighted by Gasteiger charge is 1.83. The topological polar surface area (TPSA) is 21.1 Å². The van der Waals surface area contributed by atoms with Gasteiger partial charge in [0, 0.05) is 25.5 Å². The Labute approximate surface area is 98.3 Å². The molecule has 0 aliphatic carbocycles. The van der Waals surface area contributed by atoms with Crippen molar-refractivity contribution in [1.29, 1.82) is 0 Å². The first-order chi connectivity index (χ1) is 6.24. The van der Waals surface area contributed by atoms with Crippen LogP contribution in [0.5, 0.6) is 0 Å². The van der Waals surface area contributed by atoms with E-state index in [0.29, 0.717) is 0 Å². The molecule has 0 saturated carbocycles. The Bertz CT molecular complexity index is 195. The number of hydrogen-bond donors (Lipinski definition) is 1. The van der Waals surface area contributed by atoms with Crippen LogP contribution in [0.3, 0.4) is 0 Å². The Balaban J connectivity index is -0.0000000767. The second-order valence-corrected chi connectivity index (χ2v) is 2.87. The van der Waals surface area contributed by atoms with Crippen molar-refractivity contribution in [2.45, 2.75) is 20.6 Å². The maximum absolute atomic E-state index is 11.5. The SMILES string of the molecule is CCN(S)CC.F.F.F.FCn1cccn1. The summed E-state index contributed by atoms with van der Waals surface area (Å²) in [5.41, 5.74) is 0. The maximum atomic E-state index is 11.5. The minimum Gasteiger partial charge on any atom is -0.269 e. The van der Waals surface area contributed by atoms with E-state index in [4.69, 9.17) is 0 Å². The second kappa shape index (κ2) is 16.7. The van der Waals surface area contributed by atoms with E-state index < -0.39 is 6.80 Å². The summed E-state index contributed by atoms with van der Waals surface area (Å²) in [4.78, 5) is 0. The van der Waals surface area contributed by atoms with Crippen LogP contribution >= 0.6 is 12.8 Å². The van der Waals surface area contributed by atoms with Crippen LogP contribution in [0.15, 0.2) is 18.5 Å². The van der Waals surface area contributed by atoms with Gasteiger partial charge in [-0.3, -0.25) is 18.4 Å². The predicted molar refractivity (Wildman–Crippen MR) is 62.8 cm³/mol. The molecule has 0 aromatic carbocycles. The molecule has 1 heterocycles. The zero-order valence-electron chi connectivity index (χ0n) is 9.24. The third-order valence-electron chi connectivity index (χ3n) is 1.41. The van der Waals surface area contributed by atoms with E-state index in [0.717, 1.165) is 13.1 Å². The highest BCUT2D eigenvalue weighted by atomic mass is 32.1. The average molecular weight is 265 g/mol. The van der Waals surface area contributed by atoms with Gasteiger partial charge < -0.3 is 0 Å². The molecule has 0 amide bonds. The molecule has 0 radical (unpaired) electrons. The molecule has 0 aliphatic heterocycles. The molecule has 0 spiro atoms. The van der Waals surface area contributed by atoms with E-state index in [9.17, 15) is 4.39 Å². The molecule has 16 heavy (non-hydrogen) atoms. The van der Waals surface area contributed by atoms with Crippen LogP contribution in [0, 0.1) is 0 Å².